The number of nitrogens with zero attached hydrogens (tertiary/aromatic N) is 2. The summed E-state index contributed by atoms with van der Waals surface area (Å²) in [5.74, 6) is -1.34. The van der Waals surface area contributed by atoms with Gasteiger partial charge in [0, 0.05) is 39.9 Å². The average Bonchev–Trinajstić information content (AvgIpc) is 3.43. The Morgan fingerprint density at radius 1 is 0.723 bits per heavy atom. The average molecular weight is 829 g/mol. The molecule has 0 aliphatic rings. The predicted octanol–water partition coefficient (Wildman–Crippen LogP) is 11.7. The molecule has 0 unspecified atom stereocenters. The van der Waals surface area contributed by atoms with Gasteiger partial charge in [-0.2, -0.15) is 11.3 Å². The molecule has 0 amide bonds. The van der Waals surface area contributed by atoms with Gasteiger partial charge in [-0.15, -0.1) is 59.7 Å². The van der Waals surface area contributed by atoms with Gasteiger partial charge >= 0.3 is 0 Å². The normalized spacial score (nSPS) is 12.7. The Morgan fingerprint density at radius 3 is 2.15 bits per heavy atom. The monoisotopic (exact) mass is 829 g/mol. The van der Waals surface area contributed by atoms with E-state index in [1.165, 1.54) is 31.6 Å². The fraction of sp³-hybridized carbons (Fsp3) is 0.238. The molecule has 241 valence electrons. The van der Waals surface area contributed by atoms with E-state index in [1.807, 2.05) is 64.1 Å². The van der Waals surface area contributed by atoms with E-state index in [2.05, 4.69) is 103 Å². The van der Waals surface area contributed by atoms with Crippen LogP contribution < -0.4 is 5.19 Å². The minimum atomic E-state index is -1.27. The van der Waals surface area contributed by atoms with E-state index in [4.69, 9.17) is 2.74 Å². The zero-order chi connectivity index (χ0) is 34.4. The molecule has 4 aromatic carbocycles. The van der Waals surface area contributed by atoms with E-state index in [1.54, 1.807) is 17.5 Å². The summed E-state index contributed by atoms with van der Waals surface area (Å²) < 4.78 is 19.3. The van der Waals surface area contributed by atoms with Gasteiger partial charge < -0.3 is 9.97 Å². The fourth-order valence-corrected chi connectivity index (χ4v) is 9.14. The minimum absolute atomic E-state index is 0. The number of hydrogen-bond donors (Lipinski definition) is 0. The van der Waals surface area contributed by atoms with Gasteiger partial charge in [-0.1, -0.05) is 106 Å². The second kappa shape index (κ2) is 14.3. The van der Waals surface area contributed by atoms with Crippen LogP contribution in [0, 0.1) is 19.1 Å². The third-order valence-electron chi connectivity index (χ3n) is 8.49. The van der Waals surface area contributed by atoms with Crippen LogP contribution in [0.5, 0.6) is 0 Å². The van der Waals surface area contributed by atoms with E-state index >= 15 is 0 Å². The Labute approximate surface area is 301 Å². The second-order valence-electron chi connectivity index (χ2n) is 13.4. The van der Waals surface area contributed by atoms with Crippen molar-refractivity contribution in [1.29, 1.82) is 0 Å². The fourth-order valence-electron chi connectivity index (χ4n) is 6.10. The van der Waals surface area contributed by atoms with E-state index in [0.717, 1.165) is 43.7 Å². The molecule has 0 atom stereocenters. The van der Waals surface area contributed by atoms with E-state index in [9.17, 15) is 0 Å². The number of aromatic nitrogens is 2. The van der Waals surface area contributed by atoms with Crippen molar-refractivity contribution >= 4 is 55.5 Å². The zero-order valence-electron chi connectivity index (χ0n) is 30.4. The van der Waals surface area contributed by atoms with Crippen LogP contribution in [-0.2, 0) is 20.1 Å². The van der Waals surface area contributed by atoms with Crippen LogP contribution in [0.25, 0.3) is 53.5 Å². The summed E-state index contributed by atoms with van der Waals surface area (Å²) in [5.41, 5.74) is 7.26. The summed E-state index contributed by atoms with van der Waals surface area (Å²) in [6, 6.07) is 35.4. The number of rotatable bonds is 5. The van der Waals surface area contributed by atoms with Crippen molar-refractivity contribution in [1.82, 2.24) is 9.97 Å². The minimum Gasteiger partial charge on any atom is -0.305 e. The van der Waals surface area contributed by atoms with Crippen molar-refractivity contribution in [2.24, 2.45) is 0 Å². The molecular formula is C42H42IrN2SSi-2. The Hall–Kier alpha value is -3.47. The van der Waals surface area contributed by atoms with E-state index in [0.29, 0.717) is 0 Å². The van der Waals surface area contributed by atoms with Gasteiger partial charge in [0.25, 0.3) is 0 Å². The maximum Gasteiger partial charge on any atom is 0.0798 e. The smallest absolute Gasteiger partial charge is 0.0798 e. The summed E-state index contributed by atoms with van der Waals surface area (Å²) in [4.78, 5) is 9.20. The molecule has 0 aliphatic heterocycles. The van der Waals surface area contributed by atoms with Gasteiger partial charge in [-0.3, -0.25) is 0 Å². The molecule has 47 heavy (non-hydrogen) atoms. The van der Waals surface area contributed by atoms with Gasteiger partial charge in [0.15, 0.2) is 0 Å². The molecular weight excluding hydrogens is 785 g/mol. The molecule has 1 radical (unpaired) electrons. The molecule has 0 saturated heterocycles. The Bertz CT molecular complexity index is 2260. The third kappa shape index (κ3) is 7.19. The number of pyridine rings is 2. The molecule has 0 N–H and O–H groups in total. The van der Waals surface area contributed by atoms with Gasteiger partial charge in [-0.25, -0.2) is 0 Å². The van der Waals surface area contributed by atoms with Gasteiger partial charge in [0.2, 0.25) is 0 Å². The first kappa shape index (κ1) is 32.1. The Morgan fingerprint density at radius 2 is 1.47 bits per heavy atom. The molecule has 7 rings (SSSR count). The molecule has 7 aromatic rings. The number of fused-ring (bicyclic) bond motifs is 5. The van der Waals surface area contributed by atoms with Crippen LogP contribution in [-0.4, -0.2) is 18.0 Å². The van der Waals surface area contributed by atoms with E-state index in [-0.39, 0.29) is 20.1 Å². The maximum atomic E-state index is 8.56. The first-order valence-electron chi connectivity index (χ1n) is 16.8. The van der Waals surface area contributed by atoms with Crippen molar-refractivity contribution in [2.45, 2.75) is 66.0 Å². The molecule has 3 heterocycles. The summed E-state index contributed by atoms with van der Waals surface area (Å²) >= 11 is 1.77. The van der Waals surface area contributed by atoms with Crippen molar-refractivity contribution in [2.75, 3.05) is 0 Å². The molecule has 3 aromatic heterocycles. The largest absolute Gasteiger partial charge is 0.305 e. The summed E-state index contributed by atoms with van der Waals surface area (Å²) in [6.07, 6.45) is 3.84. The maximum absolute atomic E-state index is 8.56. The van der Waals surface area contributed by atoms with Crippen LogP contribution in [0.4, 0.5) is 0 Å². The molecule has 0 saturated carbocycles. The van der Waals surface area contributed by atoms with Crippen LogP contribution in [0.15, 0.2) is 97.3 Å². The Balaban J connectivity index is 0.000000221. The van der Waals surface area contributed by atoms with Gasteiger partial charge in [0.05, 0.1) is 8.07 Å². The standard InChI is InChI=1S/C27H24NS.C15H18NSi.Ir/c1-16(2)18-13-14-28-25(15-18)24-10-6-9-22-23-12-11-20-19(17(3)4)7-5-8-21(20)26(23)29-27(22)24;1-12-10-14(13-8-6-5-7-9-13)16-11-15(12)17(2,3)4;/h5-9,11-17H,1-4H3;5-8,10-11H,1-4H3;/q2*-1;/i16D,17D;;. The SMILES string of the molecule is Cc1cc(-c2[c-]cccc2)ncc1[Si](C)(C)C.[2H]C(C)(C)c1ccnc(-c2[c-]ccc3c2sc2c4cccc(C([2H])(C)C)c4ccc32)c1.[Ir]. The summed E-state index contributed by atoms with van der Waals surface area (Å²) in [7, 11) is -1.27. The van der Waals surface area contributed by atoms with Crippen LogP contribution in [0.2, 0.25) is 19.6 Å². The molecule has 0 bridgehead atoms. The van der Waals surface area contributed by atoms with Crippen molar-refractivity contribution in [3.05, 3.63) is 126 Å². The number of thiophene rings is 1. The third-order valence-corrected chi connectivity index (χ3v) is 11.9. The molecule has 0 aliphatic carbocycles. The second-order valence-corrected chi connectivity index (χ2v) is 19.4. The van der Waals surface area contributed by atoms with Crippen molar-refractivity contribution in [3.63, 3.8) is 0 Å². The topological polar surface area (TPSA) is 25.8 Å². The van der Waals surface area contributed by atoms with Crippen LogP contribution in [0.1, 0.15) is 58.9 Å². The number of aryl methyl sites for hydroxylation is 1. The molecule has 5 heteroatoms. The van der Waals surface area contributed by atoms with Gasteiger partial charge in [-0.05, 0) is 67.8 Å². The molecule has 0 spiro atoms. The van der Waals surface area contributed by atoms with Crippen molar-refractivity contribution < 1.29 is 22.8 Å². The zero-order valence-corrected chi connectivity index (χ0v) is 32.6. The summed E-state index contributed by atoms with van der Waals surface area (Å²) in [5, 5.41) is 6.19. The van der Waals surface area contributed by atoms with E-state index < -0.39 is 19.9 Å². The quantitative estimate of drug-likeness (QED) is 0.128. The first-order chi connectivity index (χ1) is 22.6. The summed E-state index contributed by atoms with van der Waals surface area (Å²) in [6.45, 7) is 16.9. The van der Waals surface area contributed by atoms with Crippen LogP contribution >= 0.6 is 11.3 Å². The number of benzene rings is 4. The predicted molar refractivity (Wildman–Crippen MR) is 203 cm³/mol. The van der Waals surface area contributed by atoms with Crippen LogP contribution in [0.3, 0.4) is 0 Å². The van der Waals surface area contributed by atoms with Crippen molar-refractivity contribution in [3.8, 4) is 22.5 Å². The Kier molecular flexibility index (Phi) is 9.79. The molecule has 0 fully saturated rings. The number of hydrogen-bond acceptors (Lipinski definition) is 3. The molecule has 2 nitrogen and oxygen atoms in total. The van der Waals surface area contributed by atoms with Gasteiger partial charge in [0.1, 0.15) is 0 Å². The first-order valence-corrected chi connectivity index (χ1v) is 20.1.